The van der Waals surface area contributed by atoms with E-state index in [1.807, 2.05) is 6.08 Å². The van der Waals surface area contributed by atoms with E-state index in [1.165, 1.54) is 12.1 Å². The molecule has 1 rings (SSSR count). The molecule has 0 amide bonds. The zero-order valence-corrected chi connectivity index (χ0v) is 10.9. The lowest BCUT2D eigenvalue weighted by molar-refractivity contribution is 0.0696. The van der Waals surface area contributed by atoms with Gasteiger partial charge < -0.3 is 9.84 Å². The highest BCUT2D eigenvalue weighted by atomic mass is 35.5. The summed E-state index contributed by atoms with van der Waals surface area (Å²) in [5, 5.41) is 9.13. The van der Waals surface area contributed by atoms with Gasteiger partial charge in [0.1, 0.15) is 5.75 Å². The van der Waals surface area contributed by atoms with Crippen molar-refractivity contribution in [3.63, 3.8) is 0 Å². The van der Waals surface area contributed by atoms with Crippen LogP contribution >= 0.6 is 11.6 Å². The first-order chi connectivity index (χ1) is 8.65. The lowest BCUT2D eigenvalue weighted by atomic mass is 10.2. The molecule has 0 atom stereocenters. The summed E-state index contributed by atoms with van der Waals surface area (Å²) in [4.78, 5) is 10.9. The summed E-state index contributed by atoms with van der Waals surface area (Å²) in [5.74, 6) is -0.503. The van der Waals surface area contributed by atoms with Crippen LogP contribution in [0.5, 0.6) is 5.75 Å². The van der Waals surface area contributed by atoms with Gasteiger partial charge in [0, 0.05) is 0 Å². The van der Waals surface area contributed by atoms with Crippen molar-refractivity contribution >= 4 is 17.6 Å². The van der Waals surface area contributed by atoms with E-state index in [4.69, 9.17) is 21.4 Å². The predicted molar refractivity (Wildman–Crippen MR) is 72.6 cm³/mol. The highest BCUT2D eigenvalue weighted by Crippen LogP contribution is 2.22. The van der Waals surface area contributed by atoms with Gasteiger partial charge in [-0.05, 0) is 43.9 Å². The number of rotatable bonds is 8. The number of aromatic carboxylic acids is 1. The number of ether oxygens (including phenoxy) is 1. The molecule has 0 aliphatic heterocycles. The van der Waals surface area contributed by atoms with E-state index in [9.17, 15) is 4.79 Å². The van der Waals surface area contributed by atoms with Crippen molar-refractivity contribution in [2.75, 3.05) is 6.61 Å². The number of carboxylic acid groups (broad SMARTS) is 1. The summed E-state index contributed by atoms with van der Waals surface area (Å²) in [6.07, 6.45) is 6.04. The van der Waals surface area contributed by atoms with Crippen molar-refractivity contribution in [3.05, 3.63) is 41.4 Å². The largest absolute Gasteiger partial charge is 0.494 e. The molecule has 3 nitrogen and oxygen atoms in total. The number of carboxylic acids is 1. The Balaban J connectivity index is 2.41. The van der Waals surface area contributed by atoms with Crippen LogP contribution in [0.4, 0.5) is 0 Å². The number of halogens is 1. The quantitative estimate of drug-likeness (QED) is 0.569. The summed E-state index contributed by atoms with van der Waals surface area (Å²) in [5.41, 5.74) is 0.0702. The average Bonchev–Trinajstić information content (AvgIpc) is 2.35. The SMILES string of the molecule is C=CCCCCCOc1ccc(Cl)c(C(=O)O)c1. The molecule has 0 radical (unpaired) electrons. The van der Waals surface area contributed by atoms with Crippen molar-refractivity contribution in [2.24, 2.45) is 0 Å². The molecule has 0 aromatic heterocycles. The summed E-state index contributed by atoms with van der Waals surface area (Å²) in [6, 6.07) is 4.67. The summed E-state index contributed by atoms with van der Waals surface area (Å²) < 4.78 is 5.48. The molecule has 1 aromatic rings. The Hall–Kier alpha value is -1.48. The first-order valence-electron chi connectivity index (χ1n) is 5.91. The second-order valence-electron chi connectivity index (χ2n) is 3.93. The van der Waals surface area contributed by atoms with E-state index in [1.54, 1.807) is 6.07 Å². The summed E-state index contributed by atoms with van der Waals surface area (Å²) in [7, 11) is 0. The fraction of sp³-hybridized carbons (Fsp3) is 0.357. The van der Waals surface area contributed by atoms with Crippen LogP contribution in [0.15, 0.2) is 30.9 Å². The molecule has 0 fully saturated rings. The second-order valence-corrected chi connectivity index (χ2v) is 4.34. The average molecular weight is 269 g/mol. The Kier molecular flexibility index (Phi) is 6.29. The van der Waals surface area contributed by atoms with E-state index in [0.29, 0.717) is 12.4 Å². The van der Waals surface area contributed by atoms with Gasteiger partial charge in [-0.2, -0.15) is 0 Å². The van der Waals surface area contributed by atoms with Gasteiger partial charge in [0.05, 0.1) is 17.2 Å². The molecule has 0 aliphatic carbocycles. The number of hydrogen-bond donors (Lipinski definition) is 1. The minimum atomic E-state index is -1.04. The van der Waals surface area contributed by atoms with Crippen LogP contribution in [0.1, 0.15) is 36.0 Å². The van der Waals surface area contributed by atoms with Crippen molar-refractivity contribution in [1.82, 2.24) is 0 Å². The molecule has 0 bridgehead atoms. The second kappa shape index (κ2) is 7.77. The topological polar surface area (TPSA) is 46.5 Å². The number of allylic oxidation sites excluding steroid dienone is 1. The van der Waals surface area contributed by atoms with E-state index < -0.39 is 5.97 Å². The van der Waals surface area contributed by atoms with Crippen LogP contribution in [0.3, 0.4) is 0 Å². The Bertz CT molecular complexity index is 416. The van der Waals surface area contributed by atoms with Gasteiger partial charge in [0.25, 0.3) is 0 Å². The monoisotopic (exact) mass is 268 g/mol. The van der Waals surface area contributed by atoms with Crippen LogP contribution in [0, 0.1) is 0 Å². The van der Waals surface area contributed by atoms with Crippen molar-refractivity contribution in [3.8, 4) is 5.75 Å². The lowest BCUT2D eigenvalue weighted by Gasteiger charge is -2.07. The number of hydrogen-bond acceptors (Lipinski definition) is 2. The van der Waals surface area contributed by atoms with Crippen LogP contribution in [0.2, 0.25) is 5.02 Å². The van der Waals surface area contributed by atoms with Gasteiger partial charge in [-0.25, -0.2) is 4.79 Å². The summed E-state index contributed by atoms with van der Waals surface area (Å²) in [6.45, 7) is 4.24. The number of carbonyl (C=O) groups is 1. The Morgan fingerprint density at radius 1 is 1.39 bits per heavy atom. The minimum absolute atomic E-state index is 0.0702. The Morgan fingerprint density at radius 2 is 2.17 bits per heavy atom. The van der Waals surface area contributed by atoms with Crippen molar-refractivity contribution < 1.29 is 14.6 Å². The number of unbranched alkanes of at least 4 members (excludes halogenated alkanes) is 3. The van der Waals surface area contributed by atoms with Gasteiger partial charge in [-0.3, -0.25) is 0 Å². The normalized spacial score (nSPS) is 10.1. The fourth-order valence-electron chi connectivity index (χ4n) is 1.52. The van der Waals surface area contributed by atoms with Gasteiger partial charge in [0.2, 0.25) is 0 Å². The maximum absolute atomic E-state index is 10.9. The molecule has 1 N–H and O–H groups in total. The van der Waals surface area contributed by atoms with E-state index in [0.717, 1.165) is 25.7 Å². The third-order valence-electron chi connectivity index (χ3n) is 2.49. The molecule has 98 valence electrons. The molecule has 0 spiro atoms. The maximum Gasteiger partial charge on any atom is 0.337 e. The lowest BCUT2D eigenvalue weighted by Crippen LogP contribution is -2.01. The van der Waals surface area contributed by atoms with Crippen molar-refractivity contribution in [1.29, 1.82) is 0 Å². The van der Waals surface area contributed by atoms with E-state index in [2.05, 4.69) is 6.58 Å². The van der Waals surface area contributed by atoms with Crippen LogP contribution < -0.4 is 4.74 Å². The van der Waals surface area contributed by atoms with Crippen LogP contribution in [-0.4, -0.2) is 17.7 Å². The Labute approximate surface area is 112 Å². The highest BCUT2D eigenvalue weighted by Gasteiger charge is 2.09. The van der Waals surface area contributed by atoms with E-state index in [-0.39, 0.29) is 10.6 Å². The minimum Gasteiger partial charge on any atom is -0.494 e. The molecule has 0 unspecified atom stereocenters. The first-order valence-corrected chi connectivity index (χ1v) is 6.29. The zero-order chi connectivity index (χ0) is 13.4. The van der Waals surface area contributed by atoms with Crippen molar-refractivity contribution in [2.45, 2.75) is 25.7 Å². The molecule has 0 saturated carbocycles. The van der Waals surface area contributed by atoms with Crippen LogP contribution in [0.25, 0.3) is 0 Å². The molecule has 0 saturated heterocycles. The zero-order valence-electron chi connectivity index (χ0n) is 10.2. The Morgan fingerprint density at radius 3 is 2.83 bits per heavy atom. The third-order valence-corrected chi connectivity index (χ3v) is 2.82. The molecule has 0 aliphatic rings. The van der Waals surface area contributed by atoms with Gasteiger partial charge in [0.15, 0.2) is 0 Å². The first kappa shape index (κ1) is 14.6. The fourth-order valence-corrected chi connectivity index (χ4v) is 1.71. The molecular weight excluding hydrogens is 252 g/mol. The third kappa shape index (κ3) is 4.80. The van der Waals surface area contributed by atoms with E-state index >= 15 is 0 Å². The van der Waals surface area contributed by atoms with Crippen LogP contribution in [-0.2, 0) is 0 Å². The highest BCUT2D eigenvalue weighted by molar-refractivity contribution is 6.33. The molecule has 1 aromatic carbocycles. The summed E-state index contributed by atoms with van der Waals surface area (Å²) >= 11 is 5.76. The standard InChI is InChI=1S/C14H17ClO3/c1-2-3-4-5-6-9-18-11-7-8-13(15)12(10-11)14(16)17/h2,7-8,10H,1,3-6,9H2,(H,16,17). The van der Waals surface area contributed by atoms with Gasteiger partial charge in [-0.1, -0.05) is 17.7 Å². The maximum atomic E-state index is 10.9. The predicted octanol–water partition coefficient (Wildman–Crippen LogP) is 4.16. The molecular formula is C14H17ClO3. The number of benzene rings is 1. The smallest absolute Gasteiger partial charge is 0.337 e. The molecule has 4 heteroatoms. The van der Waals surface area contributed by atoms with Gasteiger partial charge in [-0.15, -0.1) is 6.58 Å². The van der Waals surface area contributed by atoms with Gasteiger partial charge >= 0.3 is 5.97 Å². The molecule has 18 heavy (non-hydrogen) atoms. The molecule has 0 heterocycles.